The first kappa shape index (κ1) is 31.7. The Balaban J connectivity index is 1.31. The zero-order valence-corrected chi connectivity index (χ0v) is 27.4. The predicted octanol–water partition coefficient (Wildman–Crippen LogP) is 4.83. The van der Waals surface area contributed by atoms with Crippen LogP contribution in [0.5, 0.6) is 5.75 Å². The number of hydrogen-bond acceptors (Lipinski definition) is 8. The number of carbonyl (C=O) groups is 2. The van der Waals surface area contributed by atoms with Crippen molar-refractivity contribution in [1.82, 2.24) is 28.6 Å². The van der Waals surface area contributed by atoms with E-state index < -0.39 is 17.4 Å². The molecule has 12 nitrogen and oxygen atoms in total. The van der Waals surface area contributed by atoms with Gasteiger partial charge in [-0.1, -0.05) is 45.0 Å². The summed E-state index contributed by atoms with van der Waals surface area (Å²) in [4.78, 5) is 49.8. The van der Waals surface area contributed by atoms with Gasteiger partial charge >= 0.3 is 17.6 Å². The molecule has 3 aromatic heterocycles. The van der Waals surface area contributed by atoms with E-state index in [0.717, 1.165) is 17.5 Å². The molecule has 5 aromatic rings. The Kier molecular flexibility index (Phi) is 8.22. The standard InChI is InChI=1S/C35H38N6O6/c1-35(2,3)30-29(32(42)43)38(4)28(37-30)20-39-16-15-25(19-39)41-31-27(17-26(46-5)18-36-31)40(34(41)45)24-13-11-22(12-14-24)21-7-9-23(10-8-21)33(44)47-6/h7-14,17-18,25H,15-16,19-20H2,1-6H3,(H,42,43). The van der Waals surface area contributed by atoms with Gasteiger partial charge in [0, 0.05) is 31.6 Å². The Morgan fingerprint density at radius 1 is 1.02 bits per heavy atom. The van der Waals surface area contributed by atoms with Gasteiger partial charge in [-0.2, -0.15) is 0 Å². The molecule has 1 aliphatic heterocycles. The fourth-order valence-electron chi connectivity index (χ4n) is 6.31. The Hall–Kier alpha value is -5.23. The highest BCUT2D eigenvalue weighted by Crippen LogP contribution is 2.31. The van der Waals surface area contributed by atoms with E-state index >= 15 is 0 Å². The Morgan fingerprint density at radius 3 is 2.26 bits per heavy atom. The van der Waals surface area contributed by atoms with Crippen LogP contribution in [0.15, 0.2) is 65.6 Å². The number of imidazole rings is 2. The van der Waals surface area contributed by atoms with Gasteiger partial charge in [-0.25, -0.2) is 24.4 Å². The number of esters is 1. The first-order valence-electron chi connectivity index (χ1n) is 15.4. The lowest BCUT2D eigenvalue weighted by atomic mass is 9.90. The number of hydrogen-bond donors (Lipinski definition) is 1. The molecule has 0 saturated carbocycles. The molecular formula is C35H38N6O6. The topological polar surface area (TPSA) is 134 Å². The van der Waals surface area contributed by atoms with E-state index in [9.17, 15) is 19.5 Å². The molecule has 1 saturated heterocycles. The van der Waals surface area contributed by atoms with Crippen LogP contribution in [0.1, 0.15) is 65.6 Å². The number of pyridine rings is 1. The average Bonchev–Trinajstić information content (AvgIpc) is 3.73. The normalized spacial score (nSPS) is 15.3. The Labute approximate surface area is 271 Å². The van der Waals surface area contributed by atoms with Gasteiger partial charge in [0.25, 0.3) is 0 Å². The minimum atomic E-state index is -0.999. The number of aromatic carboxylic acids is 1. The van der Waals surface area contributed by atoms with E-state index in [1.807, 2.05) is 63.2 Å². The van der Waals surface area contributed by atoms with Crippen LogP contribution in [0.25, 0.3) is 28.0 Å². The molecule has 1 fully saturated rings. The van der Waals surface area contributed by atoms with E-state index in [2.05, 4.69) is 9.88 Å². The SMILES string of the molecule is COC(=O)c1ccc(-c2ccc(-n3c(=O)n(C4CCN(Cc5nc(C(C)(C)C)c(C(=O)O)n5C)C4)c4ncc(OC)cc43)cc2)cc1. The molecule has 1 unspecified atom stereocenters. The molecule has 0 spiro atoms. The minimum Gasteiger partial charge on any atom is -0.495 e. The van der Waals surface area contributed by atoms with Crippen LogP contribution in [0.3, 0.4) is 0 Å². The summed E-state index contributed by atoms with van der Waals surface area (Å²) in [7, 11) is 4.66. The fourth-order valence-corrected chi connectivity index (χ4v) is 6.31. The number of rotatable bonds is 8. The monoisotopic (exact) mass is 638 g/mol. The van der Waals surface area contributed by atoms with Crippen LogP contribution in [0.4, 0.5) is 0 Å². The van der Waals surface area contributed by atoms with Gasteiger partial charge in [0.1, 0.15) is 11.6 Å². The maximum atomic E-state index is 14.2. The summed E-state index contributed by atoms with van der Waals surface area (Å²) in [5.41, 5.74) is 4.32. The Bertz CT molecular complexity index is 2030. The van der Waals surface area contributed by atoms with Crippen molar-refractivity contribution < 1.29 is 24.2 Å². The molecule has 12 heteroatoms. The van der Waals surface area contributed by atoms with Gasteiger partial charge in [-0.05, 0) is 41.8 Å². The fraction of sp³-hybridized carbons (Fsp3) is 0.343. The summed E-state index contributed by atoms with van der Waals surface area (Å²) in [6.07, 6.45) is 2.33. The second-order valence-corrected chi connectivity index (χ2v) is 12.8. The summed E-state index contributed by atoms with van der Waals surface area (Å²) in [6, 6.07) is 16.5. The largest absolute Gasteiger partial charge is 0.495 e. The van der Waals surface area contributed by atoms with Gasteiger partial charge in [-0.15, -0.1) is 0 Å². The lowest BCUT2D eigenvalue weighted by molar-refractivity contribution is 0.0599. The van der Waals surface area contributed by atoms with Crippen molar-refractivity contribution in [2.45, 2.75) is 45.2 Å². The molecule has 1 aliphatic rings. The molecular weight excluding hydrogens is 600 g/mol. The van der Waals surface area contributed by atoms with Gasteiger partial charge in [0.05, 0.1) is 55.5 Å². The van der Waals surface area contributed by atoms with E-state index in [4.69, 9.17) is 14.5 Å². The lowest BCUT2D eigenvalue weighted by Gasteiger charge is -2.16. The van der Waals surface area contributed by atoms with Crippen LogP contribution in [-0.2, 0) is 23.7 Å². The van der Waals surface area contributed by atoms with Gasteiger partial charge in [0.2, 0.25) is 0 Å². The highest BCUT2D eigenvalue weighted by Gasteiger charge is 2.33. The summed E-state index contributed by atoms with van der Waals surface area (Å²) in [5.74, 6) is -0.181. The van der Waals surface area contributed by atoms with Gasteiger partial charge in [-0.3, -0.25) is 14.0 Å². The Morgan fingerprint density at radius 2 is 1.68 bits per heavy atom. The number of likely N-dealkylation sites (tertiary alicyclic amines) is 1. The molecule has 0 amide bonds. The van der Waals surface area contributed by atoms with E-state index in [0.29, 0.717) is 59.3 Å². The number of carboxylic acids is 1. The van der Waals surface area contributed by atoms with E-state index in [-0.39, 0.29) is 17.4 Å². The van der Waals surface area contributed by atoms with Crippen LogP contribution in [0, 0.1) is 0 Å². The third-order valence-corrected chi connectivity index (χ3v) is 8.77. The van der Waals surface area contributed by atoms with Crippen LogP contribution in [-0.4, -0.2) is 72.9 Å². The number of nitrogens with zero attached hydrogens (tertiary/aromatic N) is 6. The number of ether oxygens (including phenoxy) is 2. The van der Waals surface area contributed by atoms with Crippen LogP contribution < -0.4 is 10.4 Å². The van der Waals surface area contributed by atoms with Crippen molar-refractivity contribution in [3.8, 4) is 22.6 Å². The smallest absolute Gasteiger partial charge is 0.354 e. The summed E-state index contributed by atoms with van der Waals surface area (Å²) >= 11 is 0. The van der Waals surface area contributed by atoms with Crippen molar-refractivity contribution in [3.05, 3.63) is 94.1 Å². The van der Waals surface area contributed by atoms with Crippen molar-refractivity contribution in [3.63, 3.8) is 0 Å². The van der Waals surface area contributed by atoms with E-state index in [1.54, 1.807) is 46.2 Å². The van der Waals surface area contributed by atoms with Crippen LogP contribution in [0.2, 0.25) is 0 Å². The third-order valence-electron chi connectivity index (χ3n) is 8.77. The molecule has 1 atom stereocenters. The quantitative estimate of drug-likeness (QED) is 0.237. The molecule has 0 radical (unpaired) electrons. The second-order valence-electron chi connectivity index (χ2n) is 12.8. The van der Waals surface area contributed by atoms with Gasteiger partial charge < -0.3 is 19.1 Å². The molecule has 2 aromatic carbocycles. The number of carboxylic acid groups (broad SMARTS) is 1. The zero-order chi connectivity index (χ0) is 33.6. The maximum Gasteiger partial charge on any atom is 0.354 e. The zero-order valence-electron chi connectivity index (χ0n) is 27.4. The van der Waals surface area contributed by atoms with Crippen molar-refractivity contribution in [2.24, 2.45) is 7.05 Å². The first-order chi connectivity index (χ1) is 22.4. The molecule has 4 heterocycles. The molecule has 47 heavy (non-hydrogen) atoms. The number of benzene rings is 2. The number of carbonyl (C=O) groups excluding carboxylic acids is 1. The third kappa shape index (κ3) is 5.80. The summed E-state index contributed by atoms with van der Waals surface area (Å²) in [6.45, 7) is 7.62. The highest BCUT2D eigenvalue weighted by molar-refractivity contribution is 5.90. The molecule has 6 rings (SSSR count). The second kappa shape index (κ2) is 12.2. The summed E-state index contributed by atoms with van der Waals surface area (Å²) < 4.78 is 15.3. The number of fused-ring (bicyclic) bond motifs is 1. The van der Waals surface area contributed by atoms with Crippen molar-refractivity contribution in [2.75, 3.05) is 27.3 Å². The average molecular weight is 639 g/mol. The van der Waals surface area contributed by atoms with Crippen LogP contribution >= 0.6 is 0 Å². The molecule has 244 valence electrons. The first-order valence-corrected chi connectivity index (χ1v) is 15.4. The van der Waals surface area contributed by atoms with E-state index in [1.165, 1.54) is 7.11 Å². The molecule has 0 bridgehead atoms. The maximum absolute atomic E-state index is 14.2. The highest BCUT2D eigenvalue weighted by atomic mass is 16.5. The van der Waals surface area contributed by atoms with Gasteiger partial charge in [0.15, 0.2) is 11.3 Å². The lowest BCUT2D eigenvalue weighted by Crippen LogP contribution is -2.29. The minimum absolute atomic E-state index is 0.152. The number of methoxy groups -OCH3 is 2. The molecule has 0 aliphatic carbocycles. The molecule has 1 N–H and O–H groups in total. The van der Waals surface area contributed by atoms with Crippen molar-refractivity contribution >= 4 is 23.1 Å². The number of aromatic nitrogens is 5. The predicted molar refractivity (Wildman–Crippen MR) is 176 cm³/mol. The van der Waals surface area contributed by atoms with Crippen molar-refractivity contribution in [1.29, 1.82) is 0 Å². The summed E-state index contributed by atoms with van der Waals surface area (Å²) in [5, 5.41) is 9.90.